The molecular formula is C20H20N2O4S2. The van der Waals surface area contributed by atoms with Crippen LogP contribution in [0, 0.1) is 25.2 Å². The molecule has 0 spiro atoms. The summed E-state index contributed by atoms with van der Waals surface area (Å²) in [5.41, 5.74) is 2.18. The third kappa shape index (κ3) is 4.49. The molecular weight excluding hydrogens is 396 g/mol. The minimum Gasteiger partial charge on any atom is -0.456 e. The summed E-state index contributed by atoms with van der Waals surface area (Å²) >= 11 is 2.96. The van der Waals surface area contributed by atoms with E-state index in [1.807, 2.05) is 19.9 Å². The van der Waals surface area contributed by atoms with Crippen LogP contribution in [-0.4, -0.2) is 24.3 Å². The Morgan fingerprint density at radius 3 is 2.68 bits per heavy atom. The Kier molecular flexibility index (Phi) is 6.27. The highest BCUT2D eigenvalue weighted by Gasteiger charge is 2.23. The summed E-state index contributed by atoms with van der Waals surface area (Å²) in [4.78, 5) is 39.2. The number of esters is 1. The fourth-order valence-corrected chi connectivity index (χ4v) is 5.45. The Bertz CT molecular complexity index is 981. The van der Waals surface area contributed by atoms with Crippen molar-refractivity contribution in [3.05, 3.63) is 37.4 Å². The molecule has 0 saturated carbocycles. The summed E-state index contributed by atoms with van der Waals surface area (Å²) < 4.78 is 4.97. The highest BCUT2D eigenvalue weighted by atomic mass is 32.1. The number of ketones is 1. The largest absolute Gasteiger partial charge is 0.456 e. The lowest BCUT2D eigenvalue weighted by Gasteiger charge is -2.06. The van der Waals surface area contributed by atoms with Crippen LogP contribution in [0.5, 0.6) is 0 Å². The van der Waals surface area contributed by atoms with Crippen LogP contribution in [0.25, 0.3) is 0 Å². The molecule has 2 aromatic heterocycles. The maximum atomic E-state index is 12.2. The van der Waals surface area contributed by atoms with Crippen molar-refractivity contribution < 1.29 is 19.1 Å². The molecule has 2 heterocycles. The third-order valence-corrected chi connectivity index (χ3v) is 6.72. The number of hydrogen-bond donors (Lipinski definition) is 1. The number of hydrogen-bond acceptors (Lipinski definition) is 7. The first kappa shape index (κ1) is 20.2. The van der Waals surface area contributed by atoms with E-state index in [2.05, 4.69) is 11.4 Å². The van der Waals surface area contributed by atoms with E-state index in [1.54, 1.807) is 11.3 Å². The molecule has 28 heavy (non-hydrogen) atoms. The van der Waals surface area contributed by atoms with Gasteiger partial charge < -0.3 is 10.1 Å². The summed E-state index contributed by atoms with van der Waals surface area (Å²) in [5.74, 6) is -1.18. The standard InChI is InChI=1S/C20H20N2O4S2/c1-11-8-14(12(2)27-11)16(23)6-7-19(25)26-10-18(24)22-20-15(9-21)13-4-3-5-17(13)28-20/h8H,3-7,10H2,1-2H3,(H,22,24). The number of nitrogens with one attached hydrogen (secondary N) is 1. The number of nitriles is 1. The Morgan fingerprint density at radius 1 is 1.21 bits per heavy atom. The molecule has 0 atom stereocenters. The Hall–Kier alpha value is -2.50. The van der Waals surface area contributed by atoms with Gasteiger partial charge in [0.2, 0.25) is 0 Å². The fourth-order valence-electron chi connectivity index (χ4n) is 3.25. The van der Waals surface area contributed by atoms with Gasteiger partial charge in [0, 0.05) is 26.6 Å². The fraction of sp³-hybridized carbons (Fsp3) is 0.400. The lowest BCUT2D eigenvalue weighted by Crippen LogP contribution is -2.21. The normalized spacial score (nSPS) is 12.3. The number of Topliss-reactive ketones (excluding diaryl/α,β-unsaturated/α-hetero) is 1. The van der Waals surface area contributed by atoms with Gasteiger partial charge in [0.15, 0.2) is 12.4 Å². The zero-order valence-electron chi connectivity index (χ0n) is 15.7. The van der Waals surface area contributed by atoms with E-state index in [9.17, 15) is 19.6 Å². The minimum absolute atomic E-state index is 0.0493. The van der Waals surface area contributed by atoms with Crippen LogP contribution in [0.2, 0.25) is 0 Å². The molecule has 6 nitrogen and oxygen atoms in total. The summed E-state index contributed by atoms with van der Waals surface area (Å²) in [6.45, 7) is 3.38. The lowest BCUT2D eigenvalue weighted by atomic mass is 10.1. The molecule has 0 bridgehead atoms. The number of aryl methyl sites for hydroxylation is 3. The number of anilines is 1. The lowest BCUT2D eigenvalue weighted by molar-refractivity contribution is -0.147. The smallest absolute Gasteiger partial charge is 0.306 e. The third-order valence-electron chi connectivity index (χ3n) is 4.55. The molecule has 8 heteroatoms. The molecule has 0 radical (unpaired) electrons. The van der Waals surface area contributed by atoms with Crippen LogP contribution in [0.3, 0.4) is 0 Å². The zero-order chi connectivity index (χ0) is 20.3. The number of amides is 1. The quantitative estimate of drug-likeness (QED) is 0.545. The predicted molar refractivity (Wildman–Crippen MR) is 108 cm³/mol. The predicted octanol–water partition coefficient (Wildman–Crippen LogP) is 3.93. The first-order valence-corrected chi connectivity index (χ1v) is 10.6. The van der Waals surface area contributed by atoms with Crippen molar-refractivity contribution in [2.75, 3.05) is 11.9 Å². The van der Waals surface area contributed by atoms with E-state index in [0.29, 0.717) is 16.1 Å². The molecule has 1 N–H and O–H groups in total. The molecule has 146 valence electrons. The molecule has 2 aromatic rings. The van der Waals surface area contributed by atoms with Crippen LogP contribution in [-0.2, 0) is 27.2 Å². The van der Waals surface area contributed by atoms with Crippen molar-refractivity contribution >= 4 is 45.3 Å². The van der Waals surface area contributed by atoms with Gasteiger partial charge in [-0.1, -0.05) is 0 Å². The van der Waals surface area contributed by atoms with Gasteiger partial charge in [-0.3, -0.25) is 14.4 Å². The molecule has 0 unspecified atom stereocenters. The monoisotopic (exact) mass is 416 g/mol. The van der Waals surface area contributed by atoms with Gasteiger partial charge in [-0.2, -0.15) is 5.26 Å². The van der Waals surface area contributed by atoms with Gasteiger partial charge in [0.05, 0.1) is 12.0 Å². The Balaban J connectivity index is 1.46. The van der Waals surface area contributed by atoms with Gasteiger partial charge in [-0.25, -0.2) is 0 Å². The van der Waals surface area contributed by atoms with E-state index >= 15 is 0 Å². The number of rotatable bonds is 7. The molecule has 1 aliphatic rings. The van der Waals surface area contributed by atoms with Crippen molar-refractivity contribution in [3.63, 3.8) is 0 Å². The van der Waals surface area contributed by atoms with E-state index in [1.165, 1.54) is 11.3 Å². The minimum atomic E-state index is -0.595. The van der Waals surface area contributed by atoms with Crippen LogP contribution >= 0.6 is 22.7 Å². The van der Waals surface area contributed by atoms with Crippen molar-refractivity contribution in [2.24, 2.45) is 0 Å². The average molecular weight is 417 g/mol. The van der Waals surface area contributed by atoms with Gasteiger partial charge in [0.1, 0.15) is 11.1 Å². The molecule has 0 fully saturated rings. The van der Waals surface area contributed by atoms with E-state index in [4.69, 9.17) is 4.74 Å². The number of thiophene rings is 2. The van der Waals surface area contributed by atoms with Crippen molar-refractivity contribution in [2.45, 2.75) is 46.0 Å². The number of carbonyl (C=O) groups is 3. The first-order valence-electron chi connectivity index (χ1n) is 8.99. The average Bonchev–Trinajstić information content (AvgIpc) is 3.32. The number of fused-ring (bicyclic) bond motifs is 1. The molecule has 1 amide bonds. The molecule has 0 saturated heterocycles. The van der Waals surface area contributed by atoms with Crippen LogP contribution in [0.1, 0.15) is 55.4 Å². The van der Waals surface area contributed by atoms with Gasteiger partial charge in [-0.15, -0.1) is 22.7 Å². The van der Waals surface area contributed by atoms with E-state index < -0.39 is 18.5 Å². The van der Waals surface area contributed by atoms with Crippen molar-refractivity contribution in [1.82, 2.24) is 0 Å². The molecule has 0 aliphatic heterocycles. The van der Waals surface area contributed by atoms with Gasteiger partial charge >= 0.3 is 5.97 Å². The Labute approximate surface area is 171 Å². The van der Waals surface area contributed by atoms with Crippen LogP contribution < -0.4 is 5.32 Å². The second-order valence-corrected chi connectivity index (χ2v) is 9.20. The SMILES string of the molecule is Cc1cc(C(=O)CCC(=O)OCC(=O)Nc2sc3c(c2C#N)CCC3)c(C)s1. The van der Waals surface area contributed by atoms with E-state index in [0.717, 1.165) is 39.5 Å². The topological polar surface area (TPSA) is 96.3 Å². The van der Waals surface area contributed by atoms with Crippen molar-refractivity contribution in [1.29, 1.82) is 5.26 Å². The Morgan fingerprint density at radius 2 is 2.00 bits per heavy atom. The summed E-state index contributed by atoms with van der Waals surface area (Å²) in [5, 5.41) is 12.5. The second-order valence-electron chi connectivity index (χ2n) is 6.63. The molecule has 1 aliphatic carbocycles. The zero-order valence-corrected chi connectivity index (χ0v) is 17.3. The number of nitrogens with zero attached hydrogens (tertiary/aromatic N) is 1. The summed E-state index contributed by atoms with van der Waals surface area (Å²) in [7, 11) is 0. The van der Waals surface area contributed by atoms with Crippen LogP contribution in [0.15, 0.2) is 6.07 Å². The van der Waals surface area contributed by atoms with Crippen LogP contribution in [0.4, 0.5) is 5.00 Å². The number of carbonyl (C=O) groups excluding carboxylic acids is 3. The van der Waals surface area contributed by atoms with Gasteiger partial charge in [-0.05, 0) is 44.7 Å². The maximum Gasteiger partial charge on any atom is 0.306 e. The first-order chi connectivity index (χ1) is 13.4. The molecule has 0 aromatic carbocycles. The summed E-state index contributed by atoms with van der Waals surface area (Å²) in [6.07, 6.45) is 2.79. The van der Waals surface area contributed by atoms with Crippen molar-refractivity contribution in [3.8, 4) is 6.07 Å². The van der Waals surface area contributed by atoms with E-state index in [-0.39, 0.29) is 18.6 Å². The maximum absolute atomic E-state index is 12.2. The highest BCUT2D eigenvalue weighted by molar-refractivity contribution is 7.16. The highest BCUT2D eigenvalue weighted by Crippen LogP contribution is 2.38. The molecule has 3 rings (SSSR count). The number of ether oxygens (including phenoxy) is 1. The summed E-state index contributed by atoms with van der Waals surface area (Å²) in [6, 6.07) is 3.98. The van der Waals surface area contributed by atoms with Gasteiger partial charge in [0.25, 0.3) is 5.91 Å². The second kappa shape index (κ2) is 8.67.